The van der Waals surface area contributed by atoms with Crippen LogP contribution < -0.4 is 0 Å². The number of aromatic hydroxyl groups is 1. The van der Waals surface area contributed by atoms with E-state index in [1.165, 1.54) is 18.5 Å². The Labute approximate surface area is 107 Å². The van der Waals surface area contributed by atoms with Crippen LogP contribution in [0.5, 0.6) is 5.75 Å². The van der Waals surface area contributed by atoms with Crippen LogP contribution in [0.1, 0.15) is 16.8 Å². The SMILES string of the molecule is CN1CCC(CN(C)C(=O)c2cncc(O)c2)C1. The number of carbonyl (C=O) groups excluding carboxylic acids is 1. The molecule has 1 unspecified atom stereocenters. The number of hydrogen-bond acceptors (Lipinski definition) is 4. The lowest BCUT2D eigenvalue weighted by Crippen LogP contribution is -2.32. The second-order valence-electron chi connectivity index (χ2n) is 5.03. The summed E-state index contributed by atoms with van der Waals surface area (Å²) in [4.78, 5) is 19.9. The van der Waals surface area contributed by atoms with Gasteiger partial charge in [-0.1, -0.05) is 0 Å². The Morgan fingerprint density at radius 1 is 1.61 bits per heavy atom. The topological polar surface area (TPSA) is 56.7 Å². The van der Waals surface area contributed by atoms with Gasteiger partial charge in [-0.3, -0.25) is 9.78 Å². The summed E-state index contributed by atoms with van der Waals surface area (Å²) in [5, 5.41) is 9.32. The van der Waals surface area contributed by atoms with Gasteiger partial charge in [0, 0.05) is 26.3 Å². The Bertz CT molecular complexity index is 436. The van der Waals surface area contributed by atoms with Crippen molar-refractivity contribution in [3.8, 4) is 5.75 Å². The average molecular weight is 249 g/mol. The van der Waals surface area contributed by atoms with E-state index in [-0.39, 0.29) is 11.7 Å². The van der Waals surface area contributed by atoms with Crippen molar-refractivity contribution < 1.29 is 9.90 Å². The van der Waals surface area contributed by atoms with Crippen LogP contribution in [0, 0.1) is 5.92 Å². The highest BCUT2D eigenvalue weighted by molar-refractivity contribution is 5.94. The van der Waals surface area contributed by atoms with Gasteiger partial charge in [0.2, 0.25) is 0 Å². The third-order valence-electron chi connectivity index (χ3n) is 3.34. The van der Waals surface area contributed by atoms with Gasteiger partial charge < -0.3 is 14.9 Å². The van der Waals surface area contributed by atoms with Crippen LogP contribution in [0.4, 0.5) is 0 Å². The predicted molar refractivity (Wildman–Crippen MR) is 68.5 cm³/mol. The first kappa shape index (κ1) is 12.8. The van der Waals surface area contributed by atoms with Gasteiger partial charge in [0.15, 0.2) is 0 Å². The van der Waals surface area contributed by atoms with Crippen molar-refractivity contribution in [1.82, 2.24) is 14.8 Å². The summed E-state index contributed by atoms with van der Waals surface area (Å²) in [6.45, 7) is 2.88. The maximum absolute atomic E-state index is 12.1. The normalized spacial score (nSPS) is 20.0. The molecule has 1 amide bonds. The fraction of sp³-hybridized carbons (Fsp3) is 0.538. The molecule has 18 heavy (non-hydrogen) atoms. The Morgan fingerprint density at radius 3 is 3.00 bits per heavy atom. The number of aromatic nitrogens is 1. The summed E-state index contributed by atoms with van der Waals surface area (Å²) in [6.07, 6.45) is 3.94. The van der Waals surface area contributed by atoms with Gasteiger partial charge in [0.1, 0.15) is 5.75 Å². The first-order chi connectivity index (χ1) is 8.56. The molecule has 1 aliphatic heterocycles. The zero-order valence-corrected chi connectivity index (χ0v) is 10.8. The summed E-state index contributed by atoms with van der Waals surface area (Å²) < 4.78 is 0. The third-order valence-corrected chi connectivity index (χ3v) is 3.34. The largest absolute Gasteiger partial charge is 0.506 e. The molecular formula is C13H19N3O2. The Kier molecular flexibility index (Phi) is 3.81. The lowest BCUT2D eigenvalue weighted by Gasteiger charge is -2.21. The molecule has 0 spiro atoms. The van der Waals surface area contributed by atoms with E-state index in [1.807, 2.05) is 0 Å². The van der Waals surface area contributed by atoms with Crippen LogP contribution in [0.3, 0.4) is 0 Å². The minimum atomic E-state index is -0.0899. The molecule has 1 fully saturated rings. The van der Waals surface area contributed by atoms with Gasteiger partial charge in [-0.05, 0) is 32.0 Å². The van der Waals surface area contributed by atoms with Crippen molar-refractivity contribution >= 4 is 5.91 Å². The number of likely N-dealkylation sites (tertiary alicyclic amines) is 1. The van der Waals surface area contributed by atoms with E-state index >= 15 is 0 Å². The summed E-state index contributed by atoms with van der Waals surface area (Å²) in [5.74, 6) is 0.469. The van der Waals surface area contributed by atoms with Gasteiger partial charge in [0.05, 0.1) is 11.8 Å². The first-order valence-corrected chi connectivity index (χ1v) is 6.14. The van der Waals surface area contributed by atoms with Crippen molar-refractivity contribution in [3.05, 3.63) is 24.0 Å². The summed E-state index contributed by atoms with van der Waals surface area (Å²) >= 11 is 0. The number of amides is 1. The van der Waals surface area contributed by atoms with E-state index in [2.05, 4.69) is 16.9 Å². The van der Waals surface area contributed by atoms with Crippen molar-refractivity contribution in [2.45, 2.75) is 6.42 Å². The molecule has 0 saturated carbocycles. The highest BCUT2D eigenvalue weighted by Crippen LogP contribution is 2.17. The molecule has 0 aliphatic carbocycles. The molecule has 1 aromatic heterocycles. The van der Waals surface area contributed by atoms with Gasteiger partial charge in [0.25, 0.3) is 5.91 Å². The van der Waals surface area contributed by atoms with Crippen LogP contribution in [0.25, 0.3) is 0 Å². The lowest BCUT2D eigenvalue weighted by molar-refractivity contribution is 0.0773. The fourth-order valence-corrected chi connectivity index (χ4v) is 2.41. The summed E-state index contributed by atoms with van der Waals surface area (Å²) in [5.41, 5.74) is 0.434. The average Bonchev–Trinajstić information content (AvgIpc) is 2.73. The van der Waals surface area contributed by atoms with Crippen molar-refractivity contribution in [1.29, 1.82) is 0 Å². The zero-order valence-electron chi connectivity index (χ0n) is 10.8. The Balaban J connectivity index is 1.96. The number of pyridine rings is 1. The van der Waals surface area contributed by atoms with E-state index in [0.717, 1.165) is 26.1 Å². The maximum Gasteiger partial charge on any atom is 0.255 e. The van der Waals surface area contributed by atoms with E-state index in [1.54, 1.807) is 11.9 Å². The molecule has 2 heterocycles. The third kappa shape index (κ3) is 2.98. The zero-order chi connectivity index (χ0) is 13.1. The number of rotatable bonds is 3. The van der Waals surface area contributed by atoms with Gasteiger partial charge in [-0.25, -0.2) is 0 Å². The standard InChI is InChI=1S/C13H19N3O2/c1-15-4-3-10(8-15)9-16(2)13(18)11-5-12(17)7-14-6-11/h5-7,10,17H,3-4,8-9H2,1-2H3. The highest BCUT2D eigenvalue weighted by Gasteiger charge is 2.23. The molecule has 1 aromatic rings. The molecule has 5 nitrogen and oxygen atoms in total. The van der Waals surface area contributed by atoms with E-state index in [4.69, 9.17) is 0 Å². The fourth-order valence-electron chi connectivity index (χ4n) is 2.41. The smallest absolute Gasteiger partial charge is 0.255 e. The van der Waals surface area contributed by atoms with Gasteiger partial charge >= 0.3 is 0 Å². The Morgan fingerprint density at radius 2 is 2.39 bits per heavy atom. The van der Waals surface area contributed by atoms with Crippen molar-refractivity contribution in [2.75, 3.05) is 33.7 Å². The summed E-state index contributed by atoms with van der Waals surface area (Å²) in [6, 6.07) is 1.45. The van der Waals surface area contributed by atoms with Crippen LogP contribution in [0.2, 0.25) is 0 Å². The first-order valence-electron chi connectivity index (χ1n) is 6.14. The molecule has 0 aromatic carbocycles. The van der Waals surface area contributed by atoms with Crippen LogP contribution in [-0.2, 0) is 0 Å². The maximum atomic E-state index is 12.1. The van der Waals surface area contributed by atoms with Crippen molar-refractivity contribution in [3.63, 3.8) is 0 Å². The predicted octanol–water partition coefficient (Wildman–Crippen LogP) is 0.811. The molecule has 0 radical (unpaired) electrons. The molecule has 1 N–H and O–H groups in total. The highest BCUT2D eigenvalue weighted by atomic mass is 16.3. The quantitative estimate of drug-likeness (QED) is 0.861. The Hall–Kier alpha value is -1.62. The van der Waals surface area contributed by atoms with Crippen LogP contribution in [0.15, 0.2) is 18.5 Å². The monoisotopic (exact) mass is 249 g/mol. The van der Waals surface area contributed by atoms with E-state index < -0.39 is 0 Å². The second kappa shape index (κ2) is 5.35. The molecule has 1 aliphatic rings. The minimum Gasteiger partial charge on any atom is -0.506 e. The molecule has 5 heteroatoms. The second-order valence-corrected chi connectivity index (χ2v) is 5.03. The molecular weight excluding hydrogens is 230 g/mol. The summed E-state index contributed by atoms with van der Waals surface area (Å²) in [7, 11) is 3.89. The van der Waals surface area contributed by atoms with E-state index in [0.29, 0.717) is 11.5 Å². The van der Waals surface area contributed by atoms with E-state index in [9.17, 15) is 9.90 Å². The van der Waals surface area contributed by atoms with Gasteiger partial charge in [-0.15, -0.1) is 0 Å². The van der Waals surface area contributed by atoms with Crippen LogP contribution in [-0.4, -0.2) is 59.5 Å². The molecule has 0 bridgehead atoms. The van der Waals surface area contributed by atoms with Crippen LogP contribution >= 0.6 is 0 Å². The minimum absolute atomic E-state index is 0.0230. The van der Waals surface area contributed by atoms with Gasteiger partial charge in [-0.2, -0.15) is 0 Å². The molecule has 98 valence electrons. The number of nitrogens with zero attached hydrogens (tertiary/aromatic N) is 3. The number of carbonyl (C=O) groups is 1. The lowest BCUT2D eigenvalue weighted by atomic mass is 10.1. The van der Waals surface area contributed by atoms with Crippen molar-refractivity contribution in [2.24, 2.45) is 5.92 Å². The molecule has 1 atom stereocenters. The number of hydrogen-bond donors (Lipinski definition) is 1. The molecule has 1 saturated heterocycles. The molecule has 2 rings (SSSR count).